The molecule has 0 fully saturated rings. The average molecular weight is 340 g/mol. The Kier molecular flexibility index (Phi) is 4.91. The van der Waals surface area contributed by atoms with Crippen LogP contribution >= 0.6 is 11.6 Å². The van der Waals surface area contributed by atoms with E-state index in [9.17, 15) is 0 Å². The van der Waals surface area contributed by atoms with Gasteiger partial charge in [0.15, 0.2) is 0 Å². The van der Waals surface area contributed by atoms with Crippen molar-refractivity contribution in [2.45, 2.75) is 13.3 Å². The van der Waals surface area contributed by atoms with E-state index >= 15 is 0 Å². The second-order valence-corrected chi connectivity index (χ2v) is 5.81. The Balaban J connectivity index is 1.78. The summed E-state index contributed by atoms with van der Waals surface area (Å²) < 4.78 is 0. The van der Waals surface area contributed by atoms with Crippen molar-refractivity contribution in [3.63, 3.8) is 0 Å². The van der Waals surface area contributed by atoms with Crippen molar-refractivity contribution < 1.29 is 0 Å². The molecule has 0 saturated carbocycles. The van der Waals surface area contributed by atoms with Crippen LogP contribution in [0.3, 0.4) is 0 Å². The number of nitrogen functional groups attached to an aromatic ring is 1. The number of halogens is 1. The fourth-order valence-electron chi connectivity index (χ4n) is 2.44. The van der Waals surface area contributed by atoms with Crippen molar-refractivity contribution >= 4 is 23.4 Å². The fraction of sp³-hybridized carbons (Fsp3) is 0.167. The maximum Gasteiger partial charge on any atom is 0.222 e. The van der Waals surface area contributed by atoms with Crippen LogP contribution in [-0.4, -0.2) is 21.5 Å². The second kappa shape index (κ2) is 7.27. The van der Waals surface area contributed by atoms with E-state index in [1.807, 2.05) is 49.4 Å². The van der Waals surface area contributed by atoms with Crippen LogP contribution in [0, 0.1) is 6.92 Å². The largest absolute Gasteiger partial charge is 0.369 e. The third-order valence-corrected chi connectivity index (χ3v) is 4.11. The highest BCUT2D eigenvalue weighted by molar-refractivity contribution is 6.31. The number of aromatic nitrogens is 3. The number of benzene rings is 1. The lowest BCUT2D eigenvalue weighted by Crippen LogP contribution is -2.09. The predicted octanol–water partition coefficient (Wildman–Crippen LogP) is 3.74. The minimum absolute atomic E-state index is 0.229. The van der Waals surface area contributed by atoms with Gasteiger partial charge in [-0.15, -0.1) is 0 Å². The first-order chi connectivity index (χ1) is 11.6. The number of nitrogens with zero attached hydrogens (tertiary/aromatic N) is 3. The Bertz CT molecular complexity index is 836. The Morgan fingerprint density at radius 1 is 1.12 bits per heavy atom. The third kappa shape index (κ3) is 3.81. The summed E-state index contributed by atoms with van der Waals surface area (Å²) in [6.45, 7) is 2.67. The predicted molar refractivity (Wildman–Crippen MR) is 98.1 cm³/mol. The molecule has 2 aromatic heterocycles. The Hall–Kier alpha value is -2.66. The normalized spacial score (nSPS) is 10.6. The molecule has 122 valence electrons. The molecule has 24 heavy (non-hydrogen) atoms. The lowest BCUT2D eigenvalue weighted by Gasteiger charge is -2.10. The van der Waals surface area contributed by atoms with Gasteiger partial charge >= 0.3 is 0 Å². The van der Waals surface area contributed by atoms with Crippen molar-refractivity contribution in [3.8, 4) is 11.3 Å². The molecule has 0 spiro atoms. The number of hydrogen-bond acceptors (Lipinski definition) is 5. The van der Waals surface area contributed by atoms with Crippen molar-refractivity contribution in [2.24, 2.45) is 0 Å². The van der Waals surface area contributed by atoms with Crippen LogP contribution in [0.5, 0.6) is 0 Å². The van der Waals surface area contributed by atoms with Gasteiger partial charge in [-0.25, -0.2) is 4.98 Å². The number of nitrogens with one attached hydrogen (secondary N) is 1. The van der Waals surface area contributed by atoms with E-state index in [0.717, 1.165) is 28.9 Å². The van der Waals surface area contributed by atoms with Crippen molar-refractivity contribution in [2.75, 3.05) is 17.6 Å². The Morgan fingerprint density at radius 2 is 2.00 bits per heavy atom. The third-order valence-electron chi connectivity index (χ3n) is 3.70. The standard InChI is InChI=1S/C18H18ClN5/c1-12-14(6-4-7-15(12)19)16-11-17(24-18(20)23-16)22-10-8-13-5-2-3-9-21-13/h2-7,9,11H,8,10H2,1H3,(H3,20,22,23,24). The molecule has 6 heteroatoms. The molecule has 3 aromatic rings. The van der Waals surface area contributed by atoms with Gasteiger partial charge in [-0.2, -0.15) is 4.98 Å². The Labute approximate surface area is 145 Å². The molecule has 0 atom stereocenters. The summed E-state index contributed by atoms with van der Waals surface area (Å²) in [6, 6.07) is 13.5. The number of nitrogens with two attached hydrogens (primary N) is 1. The molecule has 0 saturated heterocycles. The summed E-state index contributed by atoms with van der Waals surface area (Å²) >= 11 is 6.20. The van der Waals surface area contributed by atoms with Gasteiger partial charge in [0.2, 0.25) is 5.95 Å². The second-order valence-electron chi connectivity index (χ2n) is 5.41. The first-order valence-electron chi connectivity index (χ1n) is 7.67. The number of hydrogen-bond donors (Lipinski definition) is 2. The number of anilines is 2. The minimum atomic E-state index is 0.229. The van der Waals surface area contributed by atoms with Gasteiger partial charge in [0, 0.05) is 41.5 Å². The zero-order valence-corrected chi connectivity index (χ0v) is 14.1. The molecule has 5 nitrogen and oxygen atoms in total. The van der Waals surface area contributed by atoms with E-state index < -0.39 is 0 Å². The van der Waals surface area contributed by atoms with Gasteiger partial charge in [0.05, 0.1) is 5.69 Å². The molecule has 3 rings (SSSR count). The molecule has 0 aliphatic carbocycles. The summed E-state index contributed by atoms with van der Waals surface area (Å²) in [5, 5.41) is 3.98. The molecular weight excluding hydrogens is 322 g/mol. The highest BCUT2D eigenvalue weighted by atomic mass is 35.5. The van der Waals surface area contributed by atoms with Gasteiger partial charge in [0.25, 0.3) is 0 Å². The van der Waals surface area contributed by atoms with Gasteiger partial charge in [-0.05, 0) is 30.7 Å². The van der Waals surface area contributed by atoms with Crippen LogP contribution < -0.4 is 11.1 Å². The molecule has 3 N–H and O–H groups in total. The van der Waals surface area contributed by atoms with Crippen LogP contribution in [0.4, 0.5) is 11.8 Å². The van der Waals surface area contributed by atoms with Crippen LogP contribution in [0.15, 0.2) is 48.7 Å². The fourth-order valence-corrected chi connectivity index (χ4v) is 2.62. The van der Waals surface area contributed by atoms with Gasteiger partial charge in [0.1, 0.15) is 5.82 Å². The lowest BCUT2D eigenvalue weighted by molar-refractivity contribution is 0.952. The smallest absolute Gasteiger partial charge is 0.222 e. The van der Waals surface area contributed by atoms with Crippen molar-refractivity contribution in [1.29, 1.82) is 0 Å². The van der Waals surface area contributed by atoms with E-state index in [0.29, 0.717) is 17.4 Å². The van der Waals surface area contributed by atoms with Crippen molar-refractivity contribution in [1.82, 2.24) is 15.0 Å². The first kappa shape index (κ1) is 16.2. The highest BCUT2D eigenvalue weighted by Crippen LogP contribution is 2.28. The zero-order chi connectivity index (χ0) is 16.9. The van der Waals surface area contributed by atoms with E-state index in [2.05, 4.69) is 20.3 Å². The summed E-state index contributed by atoms with van der Waals surface area (Å²) in [6.07, 6.45) is 2.59. The van der Waals surface area contributed by atoms with Gasteiger partial charge in [-0.1, -0.05) is 29.8 Å². The van der Waals surface area contributed by atoms with Crippen molar-refractivity contribution in [3.05, 3.63) is 64.9 Å². The lowest BCUT2D eigenvalue weighted by atomic mass is 10.1. The molecule has 0 amide bonds. The zero-order valence-electron chi connectivity index (χ0n) is 13.3. The Morgan fingerprint density at radius 3 is 2.79 bits per heavy atom. The van der Waals surface area contributed by atoms with Crippen LogP contribution in [-0.2, 0) is 6.42 Å². The maximum atomic E-state index is 6.20. The maximum absolute atomic E-state index is 6.20. The SMILES string of the molecule is Cc1c(Cl)cccc1-c1cc(NCCc2ccccn2)nc(N)n1. The average Bonchev–Trinajstić information content (AvgIpc) is 2.58. The van der Waals surface area contributed by atoms with Gasteiger partial charge < -0.3 is 11.1 Å². The molecule has 0 radical (unpaired) electrons. The monoisotopic (exact) mass is 339 g/mol. The summed E-state index contributed by atoms with van der Waals surface area (Å²) in [4.78, 5) is 12.9. The number of rotatable bonds is 5. The molecule has 2 heterocycles. The van der Waals surface area contributed by atoms with Crippen LogP contribution in [0.2, 0.25) is 5.02 Å². The molecule has 0 aliphatic rings. The summed E-state index contributed by atoms with van der Waals surface area (Å²) in [7, 11) is 0. The quantitative estimate of drug-likeness (QED) is 0.740. The molecule has 0 unspecified atom stereocenters. The van der Waals surface area contributed by atoms with Crippen LogP contribution in [0.1, 0.15) is 11.3 Å². The van der Waals surface area contributed by atoms with Crippen LogP contribution in [0.25, 0.3) is 11.3 Å². The molecule has 0 bridgehead atoms. The van der Waals surface area contributed by atoms with E-state index in [-0.39, 0.29) is 5.95 Å². The minimum Gasteiger partial charge on any atom is -0.369 e. The summed E-state index contributed by atoms with van der Waals surface area (Å²) in [5.41, 5.74) is 9.56. The van der Waals surface area contributed by atoms with E-state index in [4.69, 9.17) is 17.3 Å². The molecular formula is C18H18ClN5. The number of pyridine rings is 1. The molecule has 0 aliphatic heterocycles. The van der Waals surface area contributed by atoms with Gasteiger partial charge in [-0.3, -0.25) is 4.98 Å². The summed E-state index contributed by atoms with van der Waals surface area (Å²) in [5.74, 6) is 0.917. The topological polar surface area (TPSA) is 76.7 Å². The molecule has 1 aromatic carbocycles. The van der Waals surface area contributed by atoms with E-state index in [1.54, 1.807) is 6.20 Å². The highest BCUT2D eigenvalue weighted by Gasteiger charge is 2.09. The first-order valence-corrected chi connectivity index (χ1v) is 8.05. The van der Waals surface area contributed by atoms with E-state index in [1.165, 1.54) is 0 Å².